The summed E-state index contributed by atoms with van der Waals surface area (Å²) in [4.78, 5) is 47.7. The summed E-state index contributed by atoms with van der Waals surface area (Å²) >= 11 is 2.36. The highest BCUT2D eigenvalue weighted by Gasteiger charge is 2.34. The number of ether oxygens (including phenoxy) is 5. The minimum atomic E-state index is -0.472. The van der Waals surface area contributed by atoms with Crippen LogP contribution in [0.15, 0.2) is 0 Å². The second kappa shape index (κ2) is 28.1. The Kier molecular flexibility index (Phi) is 29.5. The van der Waals surface area contributed by atoms with E-state index < -0.39 is 33.0 Å². The predicted octanol–water partition coefficient (Wildman–Crippen LogP) is 11.8. The maximum absolute atomic E-state index is 12.2. The maximum Gasteiger partial charge on any atom is 0.312 e. The third kappa shape index (κ3) is 34.0. The number of unbranched alkanes of at least 4 members (excludes halogenated alkanes) is 4. The van der Waals surface area contributed by atoms with Crippen LogP contribution in [0.3, 0.4) is 0 Å². The first kappa shape index (κ1) is 59.8. The Morgan fingerprint density at radius 3 is 0.982 bits per heavy atom. The smallest absolute Gasteiger partial charge is 0.312 e. The fourth-order valence-electron chi connectivity index (χ4n) is 4.97. The molecule has 0 unspecified atom stereocenters. The van der Waals surface area contributed by atoms with Crippen molar-refractivity contribution in [3.05, 3.63) is 0 Å². The second-order valence-corrected chi connectivity index (χ2v) is 21.7. The van der Waals surface area contributed by atoms with E-state index in [1.165, 1.54) is 6.42 Å². The Bertz CT molecular complexity index is 1080. The molecule has 340 valence electrons. The number of hydrogen-bond donors (Lipinski definition) is 1. The van der Waals surface area contributed by atoms with Crippen LogP contribution in [-0.4, -0.2) is 76.6 Å². The number of hydrogen-bond acceptors (Lipinski definition) is 10. The predicted molar refractivity (Wildman–Crippen MR) is 241 cm³/mol. The molecule has 0 aliphatic heterocycles. The topological polar surface area (TPSA) is 135 Å². The molecule has 10 nitrogen and oxygen atoms in total. The van der Waals surface area contributed by atoms with Crippen LogP contribution in [0.2, 0.25) is 0 Å². The zero-order valence-corrected chi connectivity index (χ0v) is 42.2. The monoisotopic (exact) mass is 929 g/mol. The van der Waals surface area contributed by atoms with Crippen LogP contribution < -0.4 is 0 Å². The van der Waals surface area contributed by atoms with E-state index in [0.717, 1.165) is 75.1 Å². The van der Waals surface area contributed by atoms with Gasteiger partial charge < -0.3 is 28.8 Å². The summed E-state index contributed by atoms with van der Waals surface area (Å²) in [6.45, 7) is 36.3. The van der Waals surface area contributed by atoms with Gasteiger partial charge in [0.1, 0.15) is 16.8 Å². The van der Waals surface area contributed by atoms with Crippen molar-refractivity contribution in [2.45, 2.75) is 218 Å². The van der Waals surface area contributed by atoms with Gasteiger partial charge in [-0.3, -0.25) is 19.2 Å². The van der Waals surface area contributed by atoms with Gasteiger partial charge in [-0.25, -0.2) is 0 Å². The molecule has 0 bridgehead atoms. The van der Waals surface area contributed by atoms with E-state index in [0.29, 0.717) is 19.8 Å². The Morgan fingerprint density at radius 1 is 0.439 bits per heavy atom. The summed E-state index contributed by atoms with van der Waals surface area (Å²) in [6, 6.07) is 0. The molecule has 0 aromatic rings. The highest BCUT2D eigenvalue weighted by Crippen LogP contribution is 2.30. The zero-order valence-electron chi connectivity index (χ0n) is 40.0. The summed E-state index contributed by atoms with van der Waals surface area (Å²) in [5.74, 6) is -0.506. The standard InChI is InChI=1S/C24H46O5.C12H24O3.C10H19IO2/c1-21(2,3)28-19(25)23(7,8)15-11-13-17-27-18-14-12-16-24(9,10)20(26)29-22(4,5)6;1-11(2,3)15-10(14)12(4,5)8-6-7-9-13;1-4-13-9(12)10(2,3)7-5-6-8-11/h11-18H2,1-10H3;13H,6-9H2,1-5H3;4-8H2,1-3H3. The number of rotatable bonds is 23. The number of carbonyl (C=O) groups excluding carboxylic acids is 4. The van der Waals surface area contributed by atoms with Gasteiger partial charge in [0.05, 0.1) is 28.3 Å². The highest BCUT2D eigenvalue weighted by molar-refractivity contribution is 14.1. The summed E-state index contributed by atoms with van der Waals surface area (Å²) in [5.41, 5.74) is -3.03. The first-order chi connectivity index (χ1) is 25.7. The number of esters is 4. The SMILES string of the molecule is CC(C)(C)OC(=O)C(C)(C)CCCCO.CC(C)(C)OC(=O)C(C)(C)CCCCOCCCCC(C)(C)C(=O)OC(C)(C)C.CCOC(=O)C(C)(C)CCCCI. The molecule has 0 fully saturated rings. The molecule has 0 aromatic heterocycles. The average molecular weight is 929 g/mol. The number of alkyl halides is 1. The van der Waals surface area contributed by atoms with Gasteiger partial charge in [0.25, 0.3) is 0 Å². The van der Waals surface area contributed by atoms with Gasteiger partial charge in [0.15, 0.2) is 0 Å². The fraction of sp³-hybridized carbons (Fsp3) is 0.913. The molecular formula is C46H89IO10. The van der Waals surface area contributed by atoms with Crippen molar-refractivity contribution in [3.63, 3.8) is 0 Å². The Labute approximate surface area is 363 Å². The summed E-state index contributed by atoms with van der Waals surface area (Å²) < 4.78 is 28.2. The number of aliphatic hydroxyl groups excluding tert-OH is 1. The van der Waals surface area contributed by atoms with E-state index in [1.54, 1.807) is 0 Å². The van der Waals surface area contributed by atoms with Crippen molar-refractivity contribution in [1.82, 2.24) is 0 Å². The van der Waals surface area contributed by atoms with Crippen molar-refractivity contribution in [2.24, 2.45) is 21.7 Å². The van der Waals surface area contributed by atoms with E-state index in [9.17, 15) is 19.2 Å². The summed E-state index contributed by atoms with van der Waals surface area (Å²) in [6.07, 6.45) is 10.8. The lowest BCUT2D eigenvalue weighted by molar-refractivity contribution is -0.167. The number of carbonyl (C=O) groups is 4. The molecule has 0 saturated carbocycles. The normalized spacial score (nSPS) is 12.7. The van der Waals surface area contributed by atoms with Crippen LogP contribution in [0.1, 0.15) is 202 Å². The first-order valence-electron chi connectivity index (χ1n) is 21.3. The van der Waals surface area contributed by atoms with Gasteiger partial charge in [-0.2, -0.15) is 0 Å². The molecule has 57 heavy (non-hydrogen) atoms. The third-order valence-electron chi connectivity index (χ3n) is 8.76. The molecule has 0 radical (unpaired) electrons. The van der Waals surface area contributed by atoms with Gasteiger partial charge in [-0.1, -0.05) is 48.3 Å². The molecule has 0 amide bonds. The van der Waals surface area contributed by atoms with Crippen LogP contribution in [0.5, 0.6) is 0 Å². The van der Waals surface area contributed by atoms with E-state index in [1.807, 2.05) is 125 Å². The van der Waals surface area contributed by atoms with Gasteiger partial charge in [-0.15, -0.1) is 0 Å². The van der Waals surface area contributed by atoms with Gasteiger partial charge >= 0.3 is 23.9 Å². The minimum absolute atomic E-state index is 0.0662. The Morgan fingerprint density at radius 2 is 0.719 bits per heavy atom. The molecule has 1 N–H and O–H groups in total. The van der Waals surface area contributed by atoms with Crippen LogP contribution in [0.25, 0.3) is 0 Å². The summed E-state index contributed by atoms with van der Waals surface area (Å²) in [5, 5.41) is 8.67. The molecular weight excluding hydrogens is 839 g/mol. The Hall–Kier alpha value is -1.47. The van der Waals surface area contributed by atoms with Crippen molar-refractivity contribution in [1.29, 1.82) is 0 Å². The van der Waals surface area contributed by atoms with Gasteiger partial charge in [-0.05, 0) is 180 Å². The van der Waals surface area contributed by atoms with E-state index in [-0.39, 0.29) is 35.9 Å². The van der Waals surface area contributed by atoms with Crippen LogP contribution in [0.4, 0.5) is 0 Å². The molecule has 0 saturated heterocycles. The first-order valence-corrected chi connectivity index (χ1v) is 22.8. The molecule has 0 atom stereocenters. The molecule has 0 aliphatic rings. The zero-order chi connectivity index (χ0) is 45.4. The largest absolute Gasteiger partial charge is 0.466 e. The number of halogens is 1. The Balaban J connectivity index is -0.000000867. The highest BCUT2D eigenvalue weighted by atomic mass is 127. The average Bonchev–Trinajstić information content (AvgIpc) is 3.02. The van der Waals surface area contributed by atoms with E-state index >= 15 is 0 Å². The molecule has 0 aromatic carbocycles. The molecule has 0 heterocycles. The lowest BCUT2D eigenvalue weighted by Crippen LogP contribution is -2.33. The van der Waals surface area contributed by atoms with Crippen LogP contribution >= 0.6 is 22.6 Å². The van der Waals surface area contributed by atoms with Crippen LogP contribution in [-0.2, 0) is 42.9 Å². The molecule has 11 heteroatoms. The third-order valence-corrected chi connectivity index (χ3v) is 9.52. The van der Waals surface area contributed by atoms with Crippen molar-refractivity contribution in [2.75, 3.05) is 30.9 Å². The molecule has 0 rings (SSSR count). The van der Waals surface area contributed by atoms with Crippen molar-refractivity contribution < 1.29 is 48.0 Å². The second-order valence-electron chi connectivity index (χ2n) is 20.6. The maximum atomic E-state index is 12.2. The summed E-state index contributed by atoms with van der Waals surface area (Å²) in [7, 11) is 0. The van der Waals surface area contributed by atoms with E-state index in [4.69, 9.17) is 28.8 Å². The van der Waals surface area contributed by atoms with E-state index in [2.05, 4.69) is 22.6 Å². The lowest BCUT2D eigenvalue weighted by atomic mass is 9.87. The van der Waals surface area contributed by atoms with Gasteiger partial charge in [0.2, 0.25) is 0 Å². The number of aliphatic hydroxyl groups is 1. The minimum Gasteiger partial charge on any atom is -0.466 e. The van der Waals surface area contributed by atoms with Gasteiger partial charge in [0, 0.05) is 19.8 Å². The van der Waals surface area contributed by atoms with Crippen molar-refractivity contribution in [3.8, 4) is 0 Å². The van der Waals surface area contributed by atoms with Crippen molar-refractivity contribution >= 4 is 46.5 Å². The lowest BCUT2D eigenvalue weighted by Gasteiger charge is -2.28. The molecule has 0 spiro atoms. The fourth-order valence-corrected chi connectivity index (χ4v) is 5.51. The van der Waals surface area contributed by atoms with Crippen LogP contribution in [0, 0.1) is 21.7 Å². The molecule has 0 aliphatic carbocycles. The quantitative estimate of drug-likeness (QED) is 0.0347.